The molecule has 0 radical (unpaired) electrons. The summed E-state index contributed by atoms with van der Waals surface area (Å²) in [5.41, 5.74) is 1.13. The van der Waals surface area contributed by atoms with Crippen molar-refractivity contribution in [3.05, 3.63) is 57.2 Å². The van der Waals surface area contributed by atoms with E-state index in [4.69, 9.17) is 16.9 Å². The number of nitriles is 1. The standard InChI is InChI=1S/C16H14ClN3O2S/c1-10(19-16(22)11-2-4-13(17)5-3-11)15(21)20-14(8-18)12-6-7-23-9-12/h2-7,9-10,14H,1H3,(H,19,22)(H,20,21). The average molecular weight is 348 g/mol. The third-order valence-electron chi connectivity index (χ3n) is 3.14. The molecule has 2 rings (SSSR count). The van der Waals surface area contributed by atoms with Gasteiger partial charge in [0, 0.05) is 10.6 Å². The molecule has 0 aliphatic heterocycles. The number of hydrogen-bond acceptors (Lipinski definition) is 4. The van der Waals surface area contributed by atoms with Crippen molar-refractivity contribution in [2.24, 2.45) is 0 Å². The van der Waals surface area contributed by atoms with Crippen LogP contribution in [0.4, 0.5) is 0 Å². The zero-order valence-electron chi connectivity index (χ0n) is 12.2. The molecule has 0 aliphatic rings. The van der Waals surface area contributed by atoms with Crippen molar-refractivity contribution in [2.75, 3.05) is 0 Å². The van der Waals surface area contributed by atoms with Gasteiger partial charge in [-0.15, -0.1) is 0 Å². The Bertz CT molecular complexity index is 723. The SMILES string of the molecule is CC(NC(=O)c1ccc(Cl)cc1)C(=O)NC(C#N)c1ccsc1. The molecule has 23 heavy (non-hydrogen) atoms. The zero-order chi connectivity index (χ0) is 16.8. The first-order chi connectivity index (χ1) is 11.0. The van der Waals surface area contributed by atoms with Gasteiger partial charge in [-0.3, -0.25) is 9.59 Å². The topological polar surface area (TPSA) is 82.0 Å². The van der Waals surface area contributed by atoms with E-state index in [1.807, 2.05) is 11.4 Å². The summed E-state index contributed by atoms with van der Waals surface area (Å²) in [5, 5.41) is 18.5. The van der Waals surface area contributed by atoms with Crippen molar-refractivity contribution >= 4 is 34.8 Å². The van der Waals surface area contributed by atoms with E-state index in [0.29, 0.717) is 10.6 Å². The molecule has 1 heterocycles. The van der Waals surface area contributed by atoms with Crippen LogP contribution in [0.1, 0.15) is 28.9 Å². The lowest BCUT2D eigenvalue weighted by atomic mass is 10.1. The number of hydrogen-bond donors (Lipinski definition) is 2. The van der Waals surface area contributed by atoms with Crippen LogP contribution in [0, 0.1) is 11.3 Å². The van der Waals surface area contributed by atoms with Crippen molar-refractivity contribution in [3.63, 3.8) is 0 Å². The molecule has 0 spiro atoms. The first kappa shape index (κ1) is 17.0. The second kappa shape index (κ2) is 7.77. The van der Waals surface area contributed by atoms with E-state index in [1.54, 1.807) is 42.6 Å². The predicted octanol–water partition coefficient (Wildman–Crippen LogP) is 2.90. The van der Waals surface area contributed by atoms with Crippen molar-refractivity contribution < 1.29 is 9.59 Å². The molecule has 2 amide bonds. The van der Waals surface area contributed by atoms with E-state index in [2.05, 4.69) is 10.6 Å². The molecule has 0 aliphatic carbocycles. The maximum absolute atomic E-state index is 12.1. The summed E-state index contributed by atoms with van der Waals surface area (Å²) in [4.78, 5) is 24.2. The van der Waals surface area contributed by atoms with E-state index in [1.165, 1.54) is 11.3 Å². The lowest BCUT2D eigenvalue weighted by molar-refractivity contribution is -0.123. The highest BCUT2D eigenvalue weighted by Gasteiger charge is 2.20. The lowest BCUT2D eigenvalue weighted by Gasteiger charge is -2.16. The Morgan fingerprint density at radius 3 is 2.48 bits per heavy atom. The van der Waals surface area contributed by atoms with Gasteiger partial charge < -0.3 is 10.6 Å². The van der Waals surface area contributed by atoms with Crippen molar-refractivity contribution in [3.8, 4) is 6.07 Å². The molecule has 2 aromatic rings. The van der Waals surface area contributed by atoms with Gasteiger partial charge >= 0.3 is 0 Å². The summed E-state index contributed by atoms with van der Waals surface area (Å²) in [5.74, 6) is -0.807. The van der Waals surface area contributed by atoms with Gasteiger partial charge in [-0.25, -0.2) is 0 Å². The molecule has 0 saturated heterocycles. The molecule has 118 valence electrons. The molecule has 2 atom stereocenters. The second-order valence-electron chi connectivity index (χ2n) is 4.83. The molecule has 1 aromatic carbocycles. The van der Waals surface area contributed by atoms with Crippen LogP contribution in [0.15, 0.2) is 41.1 Å². The molecule has 2 N–H and O–H groups in total. The molecule has 0 saturated carbocycles. The number of thiophene rings is 1. The van der Waals surface area contributed by atoms with Gasteiger partial charge in [-0.2, -0.15) is 16.6 Å². The summed E-state index contributed by atoms with van der Waals surface area (Å²) in [6.07, 6.45) is 0. The Morgan fingerprint density at radius 1 is 1.22 bits per heavy atom. The number of carbonyl (C=O) groups is 2. The highest BCUT2D eigenvalue weighted by atomic mass is 35.5. The number of carbonyl (C=O) groups excluding carboxylic acids is 2. The Labute approximate surface area is 142 Å². The summed E-state index contributed by atoms with van der Waals surface area (Å²) >= 11 is 7.21. The normalized spacial score (nSPS) is 12.7. The average Bonchev–Trinajstić information content (AvgIpc) is 3.07. The first-order valence-electron chi connectivity index (χ1n) is 6.80. The van der Waals surface area contributed by atoms with E-state index >= 15 is 0 Å². The maximum atomic E-state index is 12.1. The fourth-order valence-corrected chi connectivity index (χ4v) is 2.66. The molecule has 2 unspecified atom stereocenters. The van der Waals surface area contributed by atoms with Crippen molar-refractivity contribution in [2.45, 2.75) is 19.0 Å². The second-order valence-corrected chi connectivity index (χ2v) is 6.05. The quantitative estimate of drug-likeness (QED) is 0.872. The molecule has 1 aromatic heterocycles. The van der Waals surface area contributed by atoms with E-state index in [0.717, 1.165) is 5.56 Å². The van der Waals surface area contributed by atoms with Crippen LogP contribution >= 0.6 is 22.9 Å². The summed E-state index contributed by atoms with van der Waals surface area (Å²) in [6, 6.07) is 8.65. The number of rotatable bonds is 5. The predicted molar refractivity (Wildman–Crippen MR) is 89.2 cm³/mol. The summed E-state index contributed by atoms with van der Waals surface area (Å²) in [7, 11) is 0. The summed E-state index contributed by atoms with van der Waals surface area (Å²) < 4.78 is 0. The zero-order valence-corrected chi connectivity index (χ0v) is 13.8. The van der Waals surface area contributed by atoms with Crippen LogP contribution in [0.2, 0.25) is 5.02 Å². The largest absolute Gasteiger partial charge is 0.341 e. The fraction of sp³-hybridized carbons (Fsp3) is 0.188. The number of benzene rings is 1. The molecule has 0 fully saturated rings. The minimum Gasteiger partial charge on any atom is -0.341 e. The smallest absolute Gasteiger partial charge is 0.251 e. The number of halogens is 1. The molecule has 0 bridgehead atoms. The Kier molecular flexibility index (Phi) is 5.74. The van der Waals surface area contributed by atoms with Crippen LogP contribution in [0.3, 0.4) is 0 Å². The van der Waals surface area contributed by atoms with Crippen LogP contribution in [-0.2, 0) is 4.79 Å². The lowest BCUT2D eigenvalue weighted by Crippen LogP contribution is -2.45. The van der Waals surface area contributed by atoms with Crippen LogP contribution in [0.5, 0.6) is 0 Å². The Balaban J connectivity index is 1.95. The minimum atomic E-state index is -0.771. The van der Waals surface area contributed by atoms with Crippen LogP contribution in [-0.4, -0.2) is 17.9 Å². The van der Waals surface area contributed by atoms with Gasteiger partial charge in [-0.05, 0) is 53.6 Å². The van der Waals surface area contributed by atoms with Crippen molar-refractivity contribution in [1.29, 1.82) is 5.26 Å². The first-order valence-corrected chi connectivity index (χ1v) is 8.12. The van der Waals surface area contributed by atoms with Gasteiger partial charge in [-0.1, -0.05) is 11.6 Å². The van der Waals surface area contributed by atoms with E-state index in [-0.39, 0.29) is 5.91 Å². The number of nitrogens with one attached hydrogen (secondary N) is 2. The van der Waals surface area contributed by atoms with E-state index < -0.39 is 18.0 Å². The van der Waals surface area contributed by atoms with Gasteiger partial charge in [0.1, 0.15) is 12.1 Å². The number of amides is 2. The molecular formula is C16H14ClN3O2S. The minimum absolute atomic E-state index is 0.381. The van der Waals surface area contributed by atoms with E-state index in [9.17, 15) is 9.59 Å². The van der Waals surface area contributed by atoms with Gasteiger partial charge in [0.25, 0.3) is 5.91 Å². The number of nitrogens with zero attached hydrogens (tertiary/aromatic N) is 1. The fourth-order valence-electron chi connectivity index (χ4n) is 1.84. The monoisotopic (exact) mass is 347 g/mol. The Hall–Kier alpha value is -2.36. The third-order valence-corrected chi connectivity index (χ3v) is 4.09. The van der Waals surface area contributed by atoms with Gasteiger partial charge in [0.05, 0.1) is 6.07 Å². The van der Waals surface area contributed by atoms with Crippen molar-refractivity contribution in [1.82, 2.24) is 10.6 Å². The molecule has 5 nitrogen and oxygen atoms in total. The Morgan fingerprint density at radius 2 is 1.91 bits per heavy atom. The summed E-state index contributed by atoms with van der Waals surface area (Å²) in [6.45, 7) is 1.56. The highest BCUT2D eigenvalue weighted by Crippen LogP contribution is 2.15. The highest BCUT2D eigenvalue weighted by molar-refractivity contribution is 7.08. The molecule has 7 heteroatoms. The van der Waals surface area contributed by atoms with Gasteiger partial charge in [0.15, 0.2) is 0 Å². The molecular weight excluding hydrogens is 334 g/mol. The van der Waals surface area contributed by atoms with Gasteiger partial charge in [0.2, 0.25) is 5.91 Å². The van der Waals surface area contributed by atoms with Crippen LogP contribution in [0.25, 0.3) is 0 Å². The third kappa shape index (κ3) is 4.55. The maximum Gasteiger partial charge on any atom is 0.251 e. The van der Waals surface area contributed by atoms with Crippen LogP contribution < -0.4 is 10.6 Å².